The molecule has 1 atom stereocenters. The Morgan fingerprint density at radius 1 is 1.12 bits per heavy atom. The molecule has 2 heterocycles. The summed E-state index contributed by atoms with van der Waals surface area (Å²) in [6.07, 6.45) is 3.15. The van der Waals surface area contributed by atoms with Crippen molar-refractivity contribution in [3.05, 3.63) is 47.9 Å². The average Bonchev–Trinajstić information content (AvgIpc) is 2.94. The van der Waals surface area contributed by atoms with Crippen molar-refractivity contribution in [2.45, 2.75) is 19.4 Å². The first-order chi connectivity index (χ1) is 12.3. The number of carbonyl (C=O) groups is 2. The normalized spacial score (nSPS) is 18.3. The number of Topliss-reactive ketones (excluding diaryl/α,β-unsaturated/α-hetero) is 1. The second-order valence-electron chi connectivity index (χ2n) is 6.12. The molecule has 1 aromatic heterocycles. The Labute approximate surface area is 151 Å². The fourth-order valence-corrected chi connectivity index (χ4v) is 4.29. The van der Waals surface area contributed by atoms with Crippen LogP contribution in [0.1, 0.15) is 34.2 Å². The van der Waals surface area contributed by atoms with Crippen LogP contribution in [0, 0.1) is 0 Å². The number of nitrogens with one attached hydrogen (secondary N) is 2. The molecule has 1 amide bonds. The number of amides is 1. The average molecular weight is 374 g/mol. The fourth-order valence-electron chi connectivity index (χ4n) is 2.61. The van der Waals surface area contributed by atoms with E-state index in [9.17, 15) is 18.0 Å². The summed E-state index contributed by atoms with van der Waals surface area (Å²) >= 11 is 0. The van der Waals surface area contributed by atoms with Gasteiger partial charge >= 0.3 is 0 Å². The number of aromatic nitrogens is 2. The third-order valence-electron chi connectivity index (χ3n) is 4.02. The fraction of sp³-hybridized carbons (Fsp3) is 0.294. The molecule has 9 heteroatoms. The van der Waals surface area contributed by atoms with Crippen LogP contribution in [0.15, 0.2) is 36.7 Å². The number of carbonyl (C=O) groups excluding carboxylic acids is 2. The molecule has 0 aliphatic carbocycles. The molecule has 136 valence electrons. The van der Waals surface area contributed by atoms with Gasteiger partial charge in [-0.05, 0) is 37.6 Å². The SMILES string of the molecule is CC(=O)c1ccc(Nc2cnc(C(=O)NC3CCS(=O)(=O)C3)cn2)cc1. The zero-order chi connectivity index (χ0) is 18.7. The number of nitrogens with zero attached hydrogens (tertiary/aromatic N) is 2. The number of hydrogen-bond acceptors (Lipinski definition) is 7. The van der Waals surface area contributed by atoms with Crippen molar-refractivity contribution < 1.29 is 18.0 Å². The first-order valence-electron chi connectivity index (χ1n) is 8.04. The molecule has 1 aromatic carbocycles. The third-order valence-corrected chi connectivity index (χ3v) is 5.78. The van der Waals surface area contributed by atoms with Crippen molar-refractivity contribution in [2.24, 2.45) is 0 Å². The molecule has 0 saturated carbocycles. The van der Waals surface area contributed by atoms with E-state index >= 15 is 0 Å². The predicted octanol–water partition coefficient (Wildman–Crippen LogP) is 1.34. The second kappa shape index (κ2) is 7.20. The summed E-state index contributed by atoms with van der Waals surface area (Å²) in [6, 6.07) is 6.52. The molecule has 0 bridgehead atoms. The summed E-state index contributed by atoms with van der Waals surface area (Å²) in [5.41, 5.74) is 1.46. The highest BCUT2D eigenvalue weighted by Crippen LogP contribution is 2.15. The van der Waals surface area contributed by atoms with Crippen LogP contribution in [0.2, 0.25) is 0 Å². The summed E-state index contributed by atoms with van der Waals surface area (Å²) < 4.78 is 22.9. The van der Waals surface area contributed by atoms with Gasteiger partial charge < -0.3 is 10.6 Å². The van der Waals surface area contributed by atoms with E-state index in [1.54, 1.807) is 24.3 Å². The summed E-state index contributed by atoms with van der Waals surface area (Å²) in [4.78, 5) is 31.6. The third kappa shape index (κ3) is 4.42. The molecular weight excluding hydrogens is 356 g/mol. The van der Waals surface area contributed by atoms with Gasteiger partial charge in [-0.3, -0.25) is 9.59 Å². The molecule has 3 rings (SSSR count). The number of benzene rings is 1. The molecule has 1 saturated heterocycles. The van der Waals surface area contributed by atoms with E-state index in [2.05, 4.69) is 20.6 Å². The number of sulfone groups is 1. The number of anilines is 2. The largest absolute Gasteiger partial charge is 0.347 e. The minimum absolute atomic E-state index is 0.0123. The maximum Gasteiger partial charge on any atom is 0.271 e. The van der Waals surface area contributed by atoms with E-state index in [1.807, 2.05) is 0 Å². The van der Waals surface area contributed by atoms with E-state index in [1.165, 1.54) is 19.3 Å². The molecule has 0 spiro atoms. The van der Waals surface area contributed by atoms with Gasteiger partial charge in [0.2, 0.25) is 0 Å². The highest BCUT2D eigenvalue weighted by molar-refractivity contribution is 7.91. The van der Waals surface area contributed by atoms with Gasteiger partial charge in [0.25, 0.3) is 5.91 Å². The molecular formula is C17H18N4O4S. The quantitative estimate of drug-likeness (QED) is 0.758. The second-order valence-corrected chi connectivity index (χ2v) is 8.35. The Hall–Kier alpha value is -2.81. The number of ketones is 1. The molecule has 1 fully saturated rings. The topological polar surface area (TPSA) is 118 Å². The van der Waals surface area contributed by atoms with Crippen LogP contribution in [-0.2, 0) is 9.84 Å². The van der Waals surface area contributed by atoms with Gasteiger partial charge in [-0.2, -0.15) is 0 Å². The predicted molar refractivity (Wildman–Crippen MR) is 96.3 cm³/mol. The Morgan fingerprint density at radius 3 is 2.38 bits per heavy atom. The zero-order valence-corrected chi connectivity index (χ0v) is 14.9. The standard InChI is InChI=1S/C17H18N4O4S/c1-11(22)12-2-4-13(5-3-12)20-16-9-18-15(8-19-16)17(23)21-14-6-7-26(24,25)10-14/h2-5,8-9,14H,6-7,10H2,1H3,(H,19,20)(H,21,23). The van der Waals surface area contributed by atoms with Crippen LogP contribution in [0.25, 0.3) is 0 Å². The van der Waals surface area contributed by atoms with Crippen molar-refractivity contribution in [3.8, 4) is 0 Å². The van der Waals surface area contributed by atoms with Crippen LogP contribution < -0.4 is 10.6 Å². The Kier molecular flexibility index (Phi) is 4.99. The van der Waals surface area contributed by atoms with Gasteiger partial charge in [-0.15, -0.1) is 0 Å². The smallest absolute Gasteiger partial charge is 0.271 e. The van der Waals surface area contributed by atoms with E-state index < -0.39 is 15.7 Å². The summed E-state index contributed by atoms with van der Waals surface area (Å²) in [5, 5.41) is 5.69. The van der Waals surface area contributed by atoms with Crippen LogP contribution in [-0.4, -0.2) is 47.6 Å². The Morgan fingerprint density at radius 2 is 1.85 bits per heavy atom. The maximum atomic E-state index is 12.1. The molecule has 1 aliphatic heterocycles. The maximum absolute atomic E-state index is 12.1. The number of hydrogen-bond donors (Lipinski definition) is 2. The van der Waals surface area contributed by atoms with Gasteiger partial charge in [-0.1, -0.05) is 0 Å². The van der Waals surface area contributed by atoms with E-state index in [0.717, 1.165) is 5.69 Å². The molecule has 1 aliphatic rings. The van der Waals surface area contributed by atoms with Crippen LogP contribution in [0.4, 0.5) is 11.5 Å². The van der Waals surface area contributed by atoms with Gasteiger partial charge in [0.1, 0.15) is 11.5 Å². The lowest BCUT2D eigenvalue weighted by atomic mass is 10.1. The zero-order valence-electron chi connectivity index (χ0n) is 14.1. The van der Waals surface area contributed by atoms with Crippen LogP contribution in [0.3, 0.4) is 0 Å². The van der Waals surface area contributed by atoms with Crippen molar-refractivity contribution in [3.63, 3.8) is 0 Å². The molecule has 0 radical (unpaired) electrons. The van der Waals surface area contributed by atoms with Gasteiger partial charge in [-0.25, -0.2) is 18.4 Å². The van der Waals surface area contributed by atoms with Crippen molar-refractivity contribution in [1.82, 2.24) is 15.3 Å². The minimum Gasteiger partial charge on any atom is -0.347 e. The molecule has 8 nitrogen and oxygen atoms in total. The lowest BCUT2D eigenvalue weighted by Gasteiger charge is -2.10. The van der Waals surface area contributed by atoms with Crippen LogP contribution >= 0.6 is 0 Å². The van der Waals surface area contributed by atoms with E-state index in [-0.39, 0.29) is 29.0 Å². The van der Waals surface area contributed by atoms with Crippen molar-refractivity contribution >= 4 is 33.0 Å². The number of rotatable bonds is 5. The monoisotopic (exact) mass is 374 g/mol. The Bertz CT molecular complexity index is 924. The summed E-state index contributed by atoms with van der Waals surface area (Å²) in [6.45, 7) is 1.50. The summed E-state index contributed by atoms with van der Waals surface area (Å²) in [7, 11) is -3.05. The first-order valence-corrected chi connectivity index (χ1v) is 9.86. The molecule has 26 heavy (non-hydrogen) atoms. The van der Waals surface area contributed by atoms with Crippen molar-refractivity contribution in [1.29, 1.82) is 0 Å². The minimum atomic E-state index is -3.05. The molecule has 1 unspecified atom stereocenters. The van der Waals surface area contributed by atoms with E-state index in [4.69, 9.17) is 0 Å². The lowest BCUT2D eigenvalue weighted by Crippen LogP contribution is -2.36. The molecule has 2 N–H and O–H groups in total. The van der Waals surface area contributed by atoms with Gasteiger partial charge in [0.05, 0.1) is 23.9 Å². The highest BCUT2D eigenvalue weighted by Gasteiger charge is 2.29. The van der Waals surface area contributed by atoms with E-state index in [0.29, 0.717) is 17.8 Å². The van der Waals surface area contributed by atoms with Crippen LogP contribution in [0.5, 0.6) is 0 Å². The lowest BCUT2D eigenvalue weighted by molar-refractivity contribution is 0.0935. The highest BCUT2D eigenvalue weighted by atomic mass is 32.2. The molecule has 2 aromatic rings. The van der Waals surface area contributed by atoms with Gasteiger partial charge in [0.15, 0.2) is 15.6 Å². The van der Waals surface area contributed by atoms with Crippen molar-refractivity contribution in [2.75, 3.05) is 16.8 Å². The summed E-state index contributed by atoms with van der Waals surface area (Å²) in [5.74, 6) is 0.0380. The Balaban J connectivity index is 1.61. The first kappa shape index (κ1) is 18.0. The van der Waals surface area contributed by atoms with Gasteiger partial charge in [0, 0.05) is 17.3 Å².